The topological polar surface area (TPSA) is 124 Å². The summed E-state index contributed by atoms with van der Waals surface area (Å²) in [6, 6.07) is 16.9. The Balaban J connectivity index is 1.58. The number of carbonyl (C=O) groups is 2. The normalized spacial score (nSPS) is 14.2. The van der Waals surface area contributed by atoms with Crippen molar-refractivity contribution in [3.05, 3.63) is 114 Å². The Kier molecular flexibility index (Phi) is 11.4. The number of aromatic nitrogens is 1. The number of nitrogens with zero attached hydrogens (tertiary/aromatic N) is 2. The van der Waals surface area contributed by atoms with E-state index in [0.29, 0.717) is 61.3 Å². The minimum atomic E-state index is -0.840. The van der Waals surface area contributed by atoms with Crippen LogP contribution in [0.3, 0.4) is 0 Å². The lowest BCUT2D eigenvalue weighted by Gasteiger charge is -2.25. The molecule has 2 heterocycles. The van der Waals surface area contributed by atoms with Crippen molar-refractivity contribution in [3.63, 3.8) is 0 Å². The third kappa shape index (κ3) is 7.60. The number of thiazole rings is 1. The first-order chi connectivity index (χ1) is 24.1. The summed E-state index contributed by atoms with van der Waals surface area (Å²) in [7, 11) is 3.08. The van der Waals surface area contributed by atoms with Crippen LogP contribution in [0.2, 0.25) is 0 Å². The number of ether oxygens (including phenoxy) is 6. The van der Waals surface area contributed by atoms with E-state index < -0.39 is 18.0 Å². The van der Waals surface area contributed by atoms with Crippen LogP contribution in [-0.2, 0) is 20.9 Å². The molecule has 0 unspecified atom stereocenters. The predicted octanol–water partition coefficient (Wildman–Crippen LogP) is 5.36. The lowest BCUT2D eigenvalue weighted by molar-refractivity contribution is -0.139. The first-order valence-electron chi connectivity index (χ1n) is 16.2. The summed E-state index contributed by atoms with van der Waals surface area (Å²) in [4.78, 5) is 44.9. The zero-order chi connectivity index (χ0) is 35.9. The van der Waals surface area contributed by atoms with Crippen LogP contribution in [0.4, 0.5) is 0 Å². The second-order valence-electron chi connectivity index (χ2n) is 11.5. The molecule has 11 nitrogen and oxygen atoms in total. The number of para-hydroxylation sites is 1. The number of esters is 2. The third-order valence-corrected chi connectivity index (χ3v) is 8.73. The lowest BCUT2D eigenvalue weighted by atomic mass is 9.95. The molecule has 4 aromatic rings. The fraction of sp³-hybridized carbons (Fsp3) is 0.316. The van der Waals surface area contributed by atoms with Crippen LogP contribution in [0.1, 0.15) is 67.7 Å². The van der Waals surface area contributed by atoms with Crippen molar-refractivity contribution in [2.24, 2.45) is 4.99 Å². The molecule has 262 valence electrons. The van der Waals surface area contributed by atoms with Gasteiger partial charge in [0.15, 0.2) is 27.8 Å². The molecule has 12 heteroatoms. The maximum Gasteiger partial charge on any atom is 0.338 e. The van der Waals surface area contributed by atoms with Crippen molar-refractivity contribution >= 4 is 29.4 Å². The Labute approximate surface area is 294 Å². The fourth-order valence-electron chi connectivity index (χ4n) is 5.52. The molecule has 0 amide bonds. The summed E-state index contributed by atoms with van der Waals surface area (Å²) in [5.74, 6) is 0.955. The molecule has 0 spiro atoms. The highest BCUT2D eigenvalue weighted by molar-refractivity contribution is 7.07. The highest BCUT2D eigenvalue weighted by Gasteiger charge is 2.34. The highest BCUT2D eigenvalue weighted by Crippen LogP contribution is 2.37. The van der Waals surface area contributed by atoms with Gasteiger partial charge in [0.05, 0.1) is 60.9 Å². The van der Waals surface area contributed by atoms with E-state index in [9.17, 15) is 14.4 Å². The largest absolute Gasteiger partial charge is 0.493 e. The SMILES string of the molecule is CCOC(=O)C1=C(C)N=c2s/c(=C/c3cccc(OC)c3OCc3ccc(C(=O)OCC)cc3)c(=O)n2[C@@H]1c1ccc(OC(C)C)c(OC)c1. The molecule has 5 rings (SSSR count). The minimum Gasteiger partial charge on any atom is -0.493 e. The second-order valence-corrected chi connectivity index (χ2v) is 12.5. The van der Waals surface area contributed by atoms with Gasteiger partial charge in [-0.15, -0.1) is 0 Å². The first-order valence-corrected chi connectivity index (χ1v) is 17.0. The number of hydrogen-bond acceptors (Lipinski definition) is 11. The Bertz CT molecular complexity index is 2100. The van der Waals surface area contributed by atoms with E-state index in [-0.39, 0.29) is 30.5 Å². The van der Waals surface area contributed by atoms with Crippen molar-refractivity contribution in [2.45, 2.75) is 53.4 Å². The van der Waals surface area contributed by atoms with Crippen LogP contribution in [0.15, 0.2) is 81.7 Å². The van der Waals surface area contributed by atoms with E-state index in [2.05, 4.69) is 4.99 Å². The van der Waals surface area contributed by atoms with Crippen molar-refractivity contribution in [3.8, 4) is 23.0 Å². The molecule has 0 fully saturated rings. The maximum atomic E-state index is 14.3. The molecule has 0 aliphatic carbocycles. The molecule has 0 saturated carbocycles. The molecule has 0 bridgehead atoms. The molecule has 1 aromatic heterocycles. The summed E-state index contributed by atoms with van der Waals surface area (Å²) < 4.78 is 35.8. The summed E-state index contributed by atoms with van der Waals surface area (Å²) in [5.41, 5.74) is 2.85. The van der Waals surface area contributed by atoms with Crippen LogP contribution in [-0.4, -0.2) is 50.0 Å². The number of allylic oxidation sites excluding steroid dienone is 1. The average Bonchev–Trinajstić information content (AvgIpc) is 3.40. The lowest BCUT2D eigenvalue weighted by Crippen LogP contribution is -2.40. The van der Waals surface area contributed by atoms with Gasteiger partial charge >= 0.3 is 11.9 Å². The quantitative estimate of drug-likeness (QED) is 0.170. The number of methoxy groups -OCH3 is 2. The van der Waals surface area contributed by atoms with Crippen LogP contribution >= 0.6 is 11.3 Å². The number of carbonyl (C=O) groups excluding carboxylic acids is 2. The van der Waals surface area contributed by atoms with Crippen LogP contribution in [0.5, 0.6) is 23.0 Å². The molecule has 1 aliphatic rings. The fourth-order valence-corrected chi connectivity index (χ4v) is 6.56. The Morgan fingerprint density at radius 3 is 2.28 bits per heavy atom. The Morgan fingerprint density at radius 2 is 1.62 bits per heavy atom. The minimum absolute atomic E-state index is 0.0907. The summed E-state index contributed by atoms with van der Waals surface area (Å²) in [5, 5.41) is 0. The van der Waals surface area contributed by atoms with E-state index in [1.807, 2.05) is 32.0 Å². The number of benzene rings is 3. The molecular weight excluding hydrogens is 660 g/mol. The monoisotopic (exact) mass is 700 g/mol. The van der Waals surface area contributed by atoms with E-state index in [0.717, 1.165) is 5.56 Å². The van der Waals surface area contributed by atoms with Crippen LogP contribution < -0.4 is 33.8 Å². The van der Waals surface area contributed by atoms with Crippen molar-refractivity contribution in [2.75, 3.05) is 27.4 Å². The molecule has 1 atom stereocenters. The molecule has 3 aromatic carbocycles. The summed E-state index contributed by atoms with van der Waals surface area (Å²) in [6.45, 7) is 9.67. The Morgan fingerprint density at radius 1 is 0.920 bits per heavy atom. The second kappa shape index (κ2) is 15.9. The van der Waals surface area contributed by atoms with Crippen molar-refractivity contribution in [1.82, 2.24) is 4.57 Å². The number of hydrogen-bond donors (Lipinski definition) is 0. The maximum absolute atomic E-state index is 14.3. The van der Waals surface area contributed by atoms with Gasteiger partial charge < -0.3 is 28.4 Å². The van der Waals surface area contributed by atoms with Gasteiger partial charge in [0.2, 0.25) is 0 Å². The third-order valence-electron chi connectivity index (χ3n) is 7.75. The molecule has 0 radical (unpaired) electrons. The zero-order valence-electron chi connectivity index (χ0n) is 29.1. The Hall–Kier alpha value is -5.36. The predicted molar refractivity (Wildman–Crippen MR) is 189 cm³/mol. The van der Waals surface area contributed by atoms with Gasteiger partial charge in [0.1, 0.15) is 6.61 Å². The molecule has 50 heavy (non-hydrogen) atoms. The molecule has 0 N–H and O–H groups in total. The van der Waals surface area contributed by atoms with Gasteiger partial charge in [-0.3, -0.25) is 9.36 Å². The van der Waals surface area contributed by atoms with Crippen LogP contribution in [0.25, 0.3) is 6.08 Å². The molecule has 1 aliphatic heterocycles. The van der Waals surface area contributed by atoms with Gasteiger partial charge in [-0.2, -0.15) is 0 Å². The van der Waals surface area contributed by atoms with Crippen molar-refractivity contribution in [1.29, 1.82) is 0 Å². The van der Waals surface area contributed by atoms with Crippen LogP contribution in [0, 0.1) is 0 Å². The smallest absolute Gasteiger partial charge is 0.338 e. The number of fused-ring (bicyclic) bond motifs is 1. The van der Waals surface area contributed by atoms with Gasteiger partial charge in [0, 0.05) is 5.56 Å². The summed E-state index contributed by atoms with van der Waals surface area (Å²) in [6.07, 6.45) is 1.64. The van der Waals surface area contributed by atoms with E-state index in [1.165, 1.54) is 23.0 Å². The summed E-state index contributed by atoms with van der Waals surface area (Å²) >= 11 is 1.20. The van der Waals surface area contributed by atoms with Gasteiger partial charge in [-0.05, 0) is 82.2 Å². The highest BCUT2D eigenvalue weighted by atomic mass is 32.1. The van der Waals surface area contributed by atoms with E-state index in [1.54, 1.807) is 76.4 Å². The molecule has 0 saturated heterocycles. The van der Waals surface area contributed by atoms with Gasteiger partial charge in [-0.1, -0.05) is 41.7 Å². The van der Waals surface area contributed by atoms with E-state index in [4.69, 9.17) is 28.4 Å². The van der Waals surface area contributed by atoms with E-state index >= 15 is 0 Å². The van der Waals surface area contributed by atoms with Gasteiger partial charge in [0.25, 0.3) is 5.56 Å². The van der Waals surface area contributed by atoms with Crippen molar-refractivity contribution < 1.29 is 38.0 Å². The van der Waals surface area contributed by atoms with Gasteiger partial charge in [-0.25, -0.2) is 14.6 Å². The standard InChI is InChI=1S/C38H40N2O9S/c1-8-46-36(42)25-15-13-24(14-16-25)21-48-34-27(11-10-12-29(34)44-6)20-31-35(41)40-33(26-17-18-28(49-22(3)4)30(19-26)45-7)32(37(43)47-9-2)23(5)39-38(40)50-31/h10-20,22,33H,8-9,21H2,1-7H3/b31-20+/t33-/m1/s1. The zero-order valence-corrected chi connectivity index (χ0v) is 29.9. The number of rotatable bonds is 13. The average molecular weight is 701 g/mol. The first kappa shape index (κ1) is 35.9. The molecular formula is C38H40N2O9S.